The number of hydrogen-bond acceptors (Lipinski definition) is 8. The number of hydrogen-bond donors (Lipinski definition) is 1. The Balaban J connectivity index is 2.02. The fraction of sp³-hybridized carbons (Fsp3) is 0.263. The Morgan fingerprint density at radius 2 is 1.76 bits per heavy atom. The Hall–Kier alpha value is -3.82. The average Bonchev–Trinajstić information content (AvgIpc) is 2.71. The van der Waals surface area contributed by atoms with Crippen molar-refractivity contribution in [3.05, 3.63) is 52.1 Å². The first kappa shape index (κ1) is 21.5. The van der Waals surface area contributed by atoms with Gasteiger partial charge >= 0.3 is 5.97 Å². The van der Waals surface area contributed by atoms with E-state index in [4.69, 9.17) is 14.2 Å². The first-order chi connectivity index (χ1) is 13.8. The molecule has 29 heavy (non-hydrogen) atoms. The van der Waals surface area contributed by atoms with Crippen LogP contribution in [-0.4, -0.2) is 51.7 Å². The molecule has 0 unspecified atom stereocenters. The van der Waals surface area contributed by atoms with E-state index < -0.39 is 23.4 Å². The molecule has 0 spiro atoms. The highest BCUT2D eigenvalue weighted by atomic mass is 16.6. The summed E-state index contributed by atoms with van der Waals surface area (Å²) < 4.78 is 15.2. The van der Waals surface area contributed by atoms with Gasteiger partial charge in [-0.05, 0) is 24.3 Å². The number of anilines is 2. The topological polar surface area (TPSA) is 120 Å². The van der Waals surface area contributed by atoms with Crippen LogP contribution in [0.5, 0.6) is 11.5 Å². The number of benzene rings is 2. The summed E-state index contributed by atoms with van der Waals surface area (Å²) in [6, 6.07) is 8.73. The zero-order valence-corrected chi connectivity index (χ0v) is 16.4. The van der Waals surface area contributed by atoms with Crippen molar-refractivity contribution in [2.45, 2.75) is 0 Å². The van der Waals surface area contributed by atoms with Crippen molar-refractivity contribution in [3.8, 4) is 11.5 Å². The molecule has 0 saturated carbocycles. The molecular formula is C19H21N3O7. The Kier molecular flexibility index (Phi) is 6.96. The summed E-state index contributed by atoms with van der Waals surface area (Å²) in [5.41, 5.74) is 0.507. The molecule has 0 aromatic heterocycles. The molecule has 10 nitrogen and oxygen atoms in total. The maximum absolute atomic E-state index is 12.2. The number of carbonyl (C=O) groups excluding carboxylic acids is 2. The monoisotopic (exact) mass is 403 g/mol. The number of methoxy groups -OCH3 is 2. The van der Waals surface area contributed by atoms with Crippen LogP contribution >= 0.6 is 0 Å². The number of nitrogens with zero attached hydrogens (tertiary/aromatic N) is 2. The molecule has 10 heteroatoms. The van der Waals surface area contributed by atoms with Gasteiger partial charge < -0.3 is 24.4 Å². The third kappa shape index (κ3) is 5.34. The lowest BCUT2D eigenvalue weighted by Gasteiger charge is -2.13. The predicted octanol–water partition coefficient (Wildman–Crippen LogP) is 2.47. The lowest BCUT2D eigenvalue weighted by atomic mass is 10.1. The van der Waals surface area contributed by atoms with E-state index in [0.29, 0.717) is 22.9 Å². The summed E-state index contributed by atoms with van der Waals surface area (Å²) in [4.78, 5) is 36.4. The van der Waals surface area contributed by atoms with E-state index in [1.54, 1.807) is 37.2 Å². The van der Waals surface area contributed by atoms with Gasteiger partial charge in [0.05, 0.1) is 24.7 Å². The third-order valence-corrected chi connectivity index (χ3v) is 3.89. The van der Waals surface area contributed by atoms with Crippen LogP contribution in [0, 0.1) is 10.1 Å². The quantitative estimate of drug-likeness (QED) is 0.405. The minimum Gasteiger partial charge on any atom is -0.493 e. The van der Waals surface area contributed by atoms with Crippen LogP contribution < -0.4 is 19.7 Å². The molecular weight excluding hydrogens is 382 g/mol. The van der Waals surface area contributed by atoms with Crippen molar-refractivity contribution in [2.75, 3.05) is 45.1 Å². The van der Waals surface area contributed by atoms with Crippen LogP contribution in [0.1, 0.15) is 10.4 Å². The molecule has 2 aromatic carbocycles. The Bertz CT molecular complexity index is 928. The van der Waals surface area contributed by atoms with Crippen molar-refractivity contribution >= 4 is 28.9 Å². The molecule has 1 N–H and O–H groups in total. The van der Waals surface area contributed by atoms with Gasteiger partial charge in [-0.25, -0.2) is 4.79 Å². The summed E-state index contributed by atoms with van der Waals surface area (Å²) in [6.45, 7) is -0.559. The number of ether oxygens (including phenoxy) is 3. The van der Waals surface area contributed by atoms with Gasteiger partial charge in [0.1, 0.15) is 5.69 Å². The zero-order chi connectivity index (χ0) is 21.6. The first-order valence-electron chi connectivity index (χ1n) is 8.41. The number of esters is 1. The van der Waals surface area contributed by atoms with Crippen molar-refractivity contribution in [1.29, 1.82) is 0 Å². The van der Waals surface area contributed by atoms with Crippen LogP contribution in [0.25, 0.3) is 0 Å². The smallest absolute Gasteiger partial charge is 0.338 e. The van der Waals surface area contributed by atoms with E-state index in [-0.39, 0.29) is 11.3 Å². The Morgan fingerprint density at radius 1 is 1.07 bits per heavy atom. The van der Waals surface area contributed by atoms with E-state index in [9.17, 15) is 19.7 Å². The van der Waals surface area contributed by atoms with E-state index in [1.807, 2.05) is 0 Å². The van der Waals surface area contributed by atoms with Crippen molar-refractivity contribution in [3.63, 3.8) is 0 Å². The van der Waals surface area contributed by atoms with Gasteiger partial charge in [0.2, 0.25) is 0 Å². The van der Waals surface area contributed by atoms with Gasteiger partial charge in [-0.15, -0.1) is 0 Å². The van der Waals surface area contributed by atoms with E-state index in [0.717, 1.165) is 6.07 Å². The van der Waals surface area contributed by atoms with Gasteiger partial charge in [0, 0.05) is 31.9 Å². The summed E-state index contributed by atoms with van der Waals surface area (Å²) in [5, 5.41) is 13.8. The second kappa shape index (κ2) is 9.40. The largest absolute Gasteiger partial charge is 0.493 e. The van der Waals surface area contributed by atoms with Gasteiger partial charge in [-0.3, -0.25) is 14.9 Å². The fourth-order valence-electron chi connectivity index (χ4n) is 2.50. The summed E-state index contributed by atoms with van der Waals surface area (Å²) in [5.74, 6) is -0.499. The SMILES string of the molecule is COc1ccc(NC(=O)COC(=O)c2ccc(N(C)C)c([N+](=O)[O-])c2)cc1OC. The molecule has 0 atom stereocenters. The number of nitro benzene ring substituents is 1. The minimum atomic E-state index is -0.846. The Labute approximate surface area is 167 Å². The van der Waals surface area contributed by atoms with Crippen molar-refractivity contribution in [1.82, 2.24) is 0 Å². The first-order valence-corrected chi connectivity index (χ1v) is 8.41. The average molecular weight is 403 g/mol. The second-order valence-electron chi connectivity index (χ2n) is 6.05. The van der Waals surface area contributed by atoms with Gasteiger partial charge in [-0.2, -0.15) is 0 Å². The van der Waals surface area contributed by atoms with Crippen LogP contribution in [0.4, 0.5) is 17.1 Å². The fourth-order valence-corrected chi connectivity index (χ4v) is 2.50. The highest BCUT2D eigenvalue weighted by molar-refractivity contribution is 5.96. The van der Waals surface area contributed by atoms with Crippen molar-refractivity contribution < 1.29 is 28.7 Å². The lowest BCUT2D eigenvalue weighted by Crippen LogP contribution is -2.21. The minimum absolute atomic E-state index is 0.0267. The van der Waals surface area contributed by atoms with Crippen LogP contribution in [0.3, 0.4) is 0 Å². The van der Waals surface area contributed by atoms with Crippen LogP contribution in [0.15, 0.2) is 36.4 Å². The number of nitrogens with one attached hydrogen (secondary N) is 1. The number of rotatable bonds is 8. The van der Waals surface area contributed by atoms with Gasteiger partial charge in [-0.1, -0.05) is 0 Å². The third-order valence-electron chi connectivity index (χ3n) is 3.89. The molecule has 0 heterocycles. The molecule has 0 radical (unpaired) electrons. The van der Waals surface area contributed by atoms with E-state index in [1.165, 1.54) is 26.4 Å². The molecule has 0 aliphatic rings. The molecule has 2 rings (SSSR count). The molecule has 0 saturated heterocycles. The summed E-state index contributed by atoms with van der Waals surface area (Å²) in [7, 11) is 6.26. The number of carbonyl (C=O) groups is 2. The van der Waals surface area contributed by atoms with Crippen LogP contribution in [-0.2, 0) is 9.53 Å². The van der Waals surface area contributed by atoms with Crippen molar-refractivity contribution in [2.24, 2.45) is 0 Å². The maximum atomic E-state index is 12.2. The number of nitro groups is 1. The normalized spacial score (nSPS) is 10.1. The van der Waals surface area contributed by atoms with E-state index >= 15 is 0 Å². The molecule has 0 aliphatic carbocycles. The van der Waals surface area contributed by atoms with Gasteiger partial charge in [0.25, 0.3) is 11.6 Å². The molecule has 2 aromatic rings. The molecule has 0 bridgehead atoms. The molecule has 1 amide bonds. The maximum Gasteiger partial charge on any atom is 0.338 e. The Morgan fingerprint density at radius 3 is 2.34 bits per heavy atom. The van der Waals surface area contributed by atoms with E-state index in [2.05, 4.69) is 5.32 Å². The lowest BCUT2D eigenvalue weighted by molar-refractivity contribution is -0.384. The van der Waals surface area contributed by atoms with Gasteiger partial charge in [0.15, 0.2) is 18.1 Å². The second-order valence-corrected chi connectivity index (χ2v) is 6.05. The summed E-state index contributed by atoms with van der Waals surface area (Å²) >= 11 is 0. The highest BCUT2D eigenvalue weighted by Gasteiger charge is 2.20. The summed E-state index contributed by atoms with van der Waals surface area (Å²) in [6.07, 6.45) is 0. The molecule has 0 fully saturated rings. The number of amides is 1. The standard InChI is InChI=1S/C19H21N3O7/c1-21(2)14-7-5-12(9-15(14)22(25)26)19(24)29-11-18(23)20-13-6-8-16(27-3)17(10-13)28-4/h5-10H,11H2,1-4H3,(H,20,23). The predicted molar refractivity (Wildman–Crippen MR) is 106 cm³/mol. The highest BCUT2D eigenvalue weighted by Crippen LogP contribution is 2.30. The van der Waals surface area contributed by atoms with Crippen LogP contribution in [0.2, 0.25) is 0 Å². The molecule has 154 valence electrons. The zero-order valence-electron chi connectivity index (χ0n) is 16.4. The molecule has 0 aliphatic heterocycles.